The van der Waals surface area contributed by atoms with Crippen LogP contribution in [0.3, 0.4) is 0 Å². The molecular weight excluding hydrogens is 232 g/mol. The maximum absolute atomic E-state index is 11.5. The maximum atomic E-state index is 11.5. The lowest BCUT2D eigenvalue weighted by Crippen LogP contribution is -2.40. The number of likely N-dealkylation sites (N-methyl/N-ethyl adjacent to an activating group) is 1. The van der Waals surface area contributed by atoms with Gasteiger partial charge in [-0.15, -0.1) is 0 Å². The highest BCUT2D eigenvalue weighted by molar-refractivity contribution is 5.91. The normalized spacial score (nSPS) is 11.7. The van der Waals surface area contributed by atoms with E-state index >= 15 is 0 Å². The van der Waals surface area contributed by atoms with Crippen molar-refractivity contribution in [2.75, 3.05) is 14.2 Å². The minimum Gasteiger partial charge on any atom is -0.465 e. The smallest absolute Gasteiger partial charge is 0.338 e. The van der Waals surface area contributed by atoms with E-state index in [-0.39, 0.29) is 17.9 Å². The zero-order chi connectivity index (χ0) is 13.5. The molecule has 18 heavy (non-hydrogen) atoms. The van der Waals surface area contributed by atoms with Gasteiger partial charge in [0.05, 0.1) is 18.7 Å². The highest BCUT2D eigenvalue weighted by Crippen LogP contribution is 2.10. The Morgan fingerprint density at radius 3 is 2.61 bits per heavy atom. The van der Waals surface area contributed by atoms with Crippen molar-refractivity contribution in [3.8, 4) is 0 Å². The second kappa shape index (κ2) is 6.76. The molecule has 0 aromatic heterocycles. The number of carbonyl (C=O) groups excluding carboxylic acids is 2. The predicted molar refractivity (Wildman–Crippen MR) is 68.1 cm³/mol. The third kappa shape index (κ3) is 3.56. The Labute approximate surface area is 107 Å². The maximum Gasteiger partial charge on any atom is 0.338 e. The summed E-state index contributed by atoms with van der Waals surface area (Å²) >= 11 is 0. The molecule has 0 fully saturated rings. The molecule has 1 rings (SSSR count). The Morgan fingerprint density at radius 2 is 2.00 bits per heavy atom. The van der Waals surface area contributed by atoms with Gasteiger partial charge in [-0.2, -0.15) is 0 Å². The van der Waals surface area contributed by atoms with Crippen LogP contribution in [0.15, 0.2) is 24.3 Å². The summed E-state index contributed by atoms with van der Waals surface area (Å²) in [6.07, 6.45) is 0. The van der Waals surface area contributed by atoms with E-state index in [1.807, 2.05) is 12.1 Å². The van der Waals surface area contributed by atoms with Crippen molar-refractivity contribution in [3.63, 3.8) is 0 Å². The molecule has 2 N–H and O–H groups in total. The van der Waals surface area contributed by atoms with Crippen LogP contribution >= 0.6 is 0 Å². The average molecular weight is 250 g/mol. The van der Waals surface area contributed by atoms with E-state index in [9.17, 15) is 9.59 Å². The van der Waals surface area contributed by atoms with Crippen molar-refractivity contribution in [1.82, 2.24) is 10.6 Å². The van der Waals surface area contributed by atoms with Gasteiger partial charge < -0.3 is 15.4 Å². The molecule has 0 heterocycles. The van der Waals surface area contributed by atoms with E-state index in [4.69, 9.17) is 4.74 Å². The van der Waals surface area contributed by atoms with Gasteiger partial charge in [0.1, 0.15) is 0 Å². The molecule has 0 aliphatic rings. The molecule has 0 aliphatic carbocycles. The number of nitrogens with one attached hydrogen (secondary N) is 2. The third-order valence-electron chi connectivity index (χ3n) is 2.66. The van der Waals surface area contributed by atoms with Gasteiger partial charge in [0.25, 0.3) is 0 Å². The van der Waals surface area contributed by atoms with Crippen molar-refractivity contribution < 1.29 is 14.3 Å². The lowest BCUT2D eigenvalue weighted by molar-refractivity contribution is -0.122. The van der Waals surface area contributed by atoms with Crippen LogP contribution in [0, 0.1) is 0 Å². The first-order valence-corrected chi connectivity index (χ1v) is 5.71. The van der Waals surface area contributed by atoms with Crippen molar-refractivity contribution in [1.29, 1.82) is 0 Å². The molecule has 1 unspecified atom stereocenters. The van der Waals surface area contributed by atoms with Crippen LogP contribution in [0.4, 0.5) is 0 Å². The summed E-state index contributed by atoms with van der Waals surface area (Å²) in [5, 5.41) is 5.61. The summed E-state index contributed by atoms with van der Waals surface area (Å²) in [7, 11) is 2.93. The van der Waals surface area contributed by atoms with Crippen molar-refractivity contribution in [2.45, 2.75) is 19.5 Å². The van der Waals surface area contributed by atoms with Crippen molar-refractivity contribution >= 4 is 11.9 Å². The van der Waals surface area contributed by atoms with E-state index in [0.717, 1.165) is 5.56 Å². The summed E-state index contributed by atoms with van der Waals surface area (Å²) in [6.45, 7) is 2.19. The first-order chi connectivity index (χ1) is 8.60. The summed E-state index contributed by atoms with van der Waals surface area (Å²) < 4.78 is 4.71. The van der Waals surface area contributed by atoms with Gasteiger partial charge in [0.2, 0.25) is 5.91 Å². The fourth-order valence-corrected chi connectivity index (χ4v) is 1.56. The highest BCUT2D eigenvalue weighted by Gasteiger charge is 2.13. The molecule has 98 valence electrons. The summed E-state index contributed by atoms with van der Waals surface area (Å²) in [4.78, 5) is 22.9. The molecule has 1 amide bonds. The van der Waals surface area contributed by atoms with E-state index in [1.54, 1.807) is 26.1 Å². The van der Waals surface area contributed by atoms with Gasteiger partial charge in [0.15, 0.2) is 0 Å². The number of hydrogen-bond acceptors (Lipinski definition) is 4. The second-order valence-electron chi connectivity index (χ2n) is 3.87. The fourth-order valence-electron chi connectivity index (χ4n) is 1.56. The SMILES string of the molecule is CNC(=O)C(C)NCc1ccccc1C(=O)OC. The molecule has 0 saturated heterocycles. The van der Waals surface area contributed by atoms with Gasteiger partial charge in [-0.3, -0.25) is 4.79 Å². The van der Waals surface area contributed by atoms with Gasteiger partial charge in [-0.25, -0.2) is 4.79 Å². The van der Waals surface area contributed by atoms with E-state index in [0.29, 0.717) is 12.1 Å². The first-order valence-electron chi connectivity index (χ1n) is 5.71. The van der Waals surface area contributed by atoms with Crippen LogP contribution in [0.1, 0.15) is 22.8 Å². The Hall–Kier alpha value is -1.88. The molecule has 1 aromatic carbocycles. The minimum absolute atomic E-state index is 0.0921. The Bertz CT molecular complexity index is 432. The molecule has 5 nitrogen and oxygen atoms in total. The summed E-state index contributed by atoms with van der Waals surface area (Å²) in [6, 6.07) is 6.83. The van der Waals surface area contributed by atoms with Gasteiger partial charge >= 0.3 is 5.97 Å². The molecule has 0 bridgehead atoms. The Balaban J connectivity index is 2.73. The number of hydrogen-bond donors (Lipinski definition) is 2. The summed E-state index contributed by atoms with van der Waals surface area (Å²) in [5.41, 5.74) is 1.32. The molecule has 0 spiro atoms. The van der Waals surface area contributed by atoms with E-state index in [1.165, 1.54) is 7.11 Å². The lowest BCUT2D eigenvalue weighted by Gasteiger charge is -2.13. The van der Waals surface area contributed by atoms with Crippen LogP contribution < -0.4 is 10.6 Å². The lowest BCUT2D eigenvalue weighted by atomic mass is 10.1. The Morgan fingerprint density at radius 1 is 1.33 bits per heavy atom. The molecule has 5 heteroatoms. The third-order valence-corrected chi connectivity index (χ3v) is 2.66. The largest absolute Gasteiger partial charge is 0.465 e. The molecule has 0 radical (unpaired) electrons. The standard InChI is InChI=1S/C13H18N2O3/c1-9(12(16)14-2)15-8-10-6-4-5-7-11(10)13(17)18-3/h4-7,9,15H,8H2,1-3H3,(H,14,16). The van der Waals surface area contributed by atoms with Crippen LogP contribution in [0.5, 0.6) is 0 Å². The molecule has 1 atom stereocenters. The zero-order valence-electron chi connectivity index (χ0n) is 10.8. The monoisotopic (exact) mass is 250 g/mol. The molecular formula is C13H18N2O3. The minimum atomic E-state index is -0.375. The van der Waals surface area contributed by atoms with Crippen molar-refractivity contribution in [3.05, 3.63) is 35.4 Å². The number of esters is 1. The van der Waals surface area contributed by atoms with Crippen LogP contribution in [0.25, 0.3) is 0 Å². The van der Waals surface area contributed by atoms with Crippen LogP contribution in [0.2, 0.25) is 0 Å². The zero-order valence-corrected chi connectivity index (χ0v) is 10.8. The number of amides is 1. The van der Waals surface area contributed by atoms with Gasteiger partial charge in [-0.1, -0.05) is 18.2 Å². The predicted octanol–water partition coefficient (Wildman–Crippen LogP) is 0.697. The quantitative estimate of drug-likeness (QED) is 0.755. The second-order valence-corrected chi connectivity index (χ2v) is 3.87. The number of carbonyl (C=O) groups is 2. The van der Waals surface area contributed by atoms with Crippen molar-refractivity contribution in [2.24, 2.45) is 0 Å². The molecule has 0 aliphatic heterocycles. The Kier molecular flexibility index (Phi) is 5.32. The first kappa shape index (κ1) is 14.2. The van der Waals surface area contributed by atoms with Gasteiger partial charge in [0, 0.05) is 13.6 Å². The number of methoxy groups -OCH3 is 1. The highest BCUT2D eigenvalue weighted by atomic mass is 16.5. The van der Waals surface area contributed by atoms with Crippen LogP contribution in [-0.2, 0) is 16.1 Å². The van der Waals surface area contributed by atoms with Crippen LogP contribution in [-0.4, -0.2) is 32.1 Å². The topological polar surface area (TPSA) is 67.4 Å². The fraction of sp³-hybridized carbons (Fsp3) is 0.385. The van der Waals surface area contributed by atoms with E-state index < -0.39 is 0 Å². The number of rotatable bonds is 5. The van der Waals surface area contributed by atoms with Gasteiger partial charge in [-0.05, 0) is 18.6 Å². The molecule has 0 saturated carbocycles. The number of ether oxygens (including phenoxy) is 1. The number of benzene rings is 1. The molecule has 1 aromatic rings. The van der Waals surface area contributed by atoms with E-state index in [2.05, 4.69) is 10.6 Å². The average Bonchev–Trinajstić information content (AvgIpc) is 2.43. The summed E-state index contributed by atoms with van der Waals surface area (Å²) in [5.74, 6) is -0.467.